The topological polar surface area (TPSA) is 26.3 Å². The molecule has 1 aromatic carbocycles. The summed E-state index contributed by atoms with van der Waals surface area (Å²) >= 11 is 0. The molecule has 0 aliphatic heterocycles. The van der Waals surface area contributed by atoms with Crippen LogP contribution in [0.4, 0.5) is 0 Å². The minimum absolute atomic E-state index is 0.0198. The molecule has 0 unspecified atom stereocenters. The van der Waals surface area contributed by atoms with Crippen molar-refractivity contribution in [3.63, 3.8) is 0 Å². The van der Waals surface area contributed by atoms with E-state index in [2.05, 4.69) is 40.4 Å². The van der Waals surface area contributed by atoms with Crippen molar-refractivity contribution in [3.05, 3.63) is 29.3 Å². The van der Waals surface area contributed by atoms with Gasteiger partial charge in [-0.15, -0.1) is 0 Å². The molecule has 0 atom stereocenters. The number of aldehydes is 1. The number of para-hydroxylation sites is 1. The Labute approximate surface area is 105 Å². The molecule has 0 aliphatic carbocycles. The maximum Gasteiger partial charge on any atom is 0.242 e. The fraction of sp³-hybridized carbons (Fsp3) is 0.500. The van der Waals surface area contributed by atoms with Gasteiger partial charge in [-0.05, 0) is 36.7 Å². The number of rotatable bonds is 3. The highest BCUT2D eigenvalue weighted by atomic mass is 28.4. The number of carbonyl (C=O) groups excluding carboxylic acids is 1. The van der Waals surface area contributed by atoms with E-state index in [1.165, 1.54) is 0 Å². The molecule has 0 bridgehead atoms. The van der Waals surface area contributed by atoms with Gasteiger partial charge in [0.1, 0.15) is 5.75 Å². The summed E-state index contributed by atoms with van der Waals surface area (Å²) < 4.78 is 6.09. The Balaban J connectivity index is 3.36. The van der Waals surface area contributed by atoms with Gasteiger partial charge in [-0.1, -0.05) is 32.9 Å². The third-order valence-electron chi connectivity index (χ3n) is 2.39. The molecule has 0 saturated carbocycles. The highest BCUT2D eigenvalue weighted by Gasteiger charge is 2.25. The maximum absolute atomic E-state index is 11.1. The molecule has 0 aromatic heterocycles. The summed E-state index contributed by atoms with van der Waals surface area (Å²) in [6.07, 6.45) is 0.880. The largest absolute Gasteiger partial charge is 0.544 e. The molecular formula is C14H22O2Si. The minimum Gasteiger partial charge on any atom is -0.544 e. The number of benzene rings is 1. The van der Waals surface area contributed by atoms with Crippen molar-refractivity contribution in [2.75, 3.05) is 0 Å². The van der Waals surface area contributed by atoms with E-state index in [1.807, 2.05) is 18.2 Å². The van der Waals surface area contributed by atoms with E-state index in [-0.39, 0.29) is 5.41 Å². The maximum atomic E-state index is 11.1. The van der Waals surface area contributed by atoms with Crippen molar-refractivity contribution < 1.29 is 9.22 Å². The summed E-state index contributed by atoms with van der Waals surface area (Å²) in [5.74, 6) is 0.772. The lowest BCUT2D eigenvalue weighted by Crippen LogP contribution is -2.31. The molecule has 0 saturated heterocycles. The normalized spacial score (nSPS) is 12.4. The third-order valence-corrected chi connectivity index (χ3v) is 3.21. The Morgan fingerprint density at radius 3 is 2.18 bits per heavy atom. The molecule has 0 N–H and O–H groups in total. The van der Waals surface area contributed by atoms with E-state index in [0.29, 0.717) is 5.56 Å². The van der Waals surface area contributed by atoms with E-state index >= 15 is 0 Å². The van der Waals surface area contributed by atoms with Gasteiger partial charge in [0.15, 0.2) is 6.29 Å². The number of carbonyl (C=O) groups is 1. The summed E-state index contributed by atoms with van der Waals surface area (Å²) in [4.78, 5) is 11.1. The summed E-state index contributed by atoms with van der Waals surface area (Å²) in [6, 6.07) is 5.78. The second-order valence-corrected chi connectivity index (χ2v) is 10.7. The van der Waals surface area contributed by atoms with Crippen molar-refractivity contribution >= 4 is 14.6 Å². The number of hydrogen-bond acceptors (Lipinski definition) is 2. The first-order valence-electron chi connectivity index (χ1n) is 5.93. The fourth-order valence-corrected chi connectivity index (χ4v) is 2.50. The summed E-state index contributed by atoms with van der Waals surface area (Å²) in [6.45, 7) is 12.8. The van der Waals surface area contributed by atoms with Gasteiger partial charge in [0, 0.05) is 0 Å². The molecule has 0 spiro atoms. The minimum atomic E-state index is -1.71. The quantitative estimate of drug-likeness (QED) is 0.598. The van der Waals surface area contributed by atoms with Crippen molar-refractivity contribution in [1.82, 2.24) is 0 Å². The molecule has 0 heterocycles. The monoisotopic (exact) mass is 250 g/mol. The van der Waals surface area contributed by atoms with Gasteiger partial charge in [-0.3, -0.25) is 4.79 Å². The van der Waals surface area contributed by atoms with Crippen LogP contribution in [0.15, 0.2) is 18.2 Å². The Morgan fingerprint density at radius 1 is 1.18 bits per heavy atom. The number of hydrogen-bond donors (Lipinski definition) is 0. The molecular weight excluding hydrogens is 228 g/mol. The van der Waals surface area contributed by atoms with Crippen LogP contribution in [0.2, 0.25) is 19.6 Å². The second kappa shape index (κ2) is 4.65. The Bertz CT molecular complexity index is 411. The zero-order valence-corrected chi connectivity index (χ0v) is 12.6. The third kappa shape index (κ3) is 3.70. The van der Waals surface area contributed by atoms with Crippen LogP contribution in [0.5, 0.6) is 5.75 Å². The van der Waals surface area contributed by atoms with Crippen LogP contribution in [0.3, 0.4) is 0 Å². The standard InChI is InChI=1S/C14H22O2Si/c1-14(2,3)12-9-7-8-11(10-15)13(12)16-17(4,5)6/h7-10H,1-6H3. The Morgan fingerprint density at radius 2 is 1.76 bits per heavy atom. The molecule has 0 radical (unpaired) electrons. The fourth-order valence-electron chi connectivity index (χ4n) is 1.66. The second-order valence-electron chi connectivity index (χ2n) is 6.31. The lowest BCUT2D eigenvalue weighted by Gasteiger charge is -2.28. The summed E-state index contributed by atoms with van der Waals surface area (Å²) in [5, 5.41) is 0. The molecule has 94 valence electrons. The van der Waals surface area contributed by atoms with Crippen molar-refractivity contribution in [2.45, 2.75) is 45.8 Å². The smallest absolute Gasteiger partial charge is 0.242 e. The highest BCUT2D eigenvalue weighted by Crippen LogP contribution is 2.34. The zero-order valence-electron chi connectivity index (χ0n) is 11.6. The molecule has 3 heteroatoms. The molecule has 17 heavy (non-hydrogen) atoms. The first-order chi connectivity index (χ1) is 7.65. The summed E-state index contributed by atoms with van der Waals surface area (Å²) in [5.41, 5.74) is 1.73. The van der Waals surface area contributed by atoms with E-state index in [1.54, 1.807) is 0 Å². The predicted octanol–water partition coefficient (Wildman–Crippen LogP) is 4.01. The van der Waals surface area contributed by atoms with Gasteiger partial charge in [-0.2, -0.15) is 0 Å². The lowest BCUT2D eigenvalue weighted by atomic mass is 9.85. The molecule has 2 nitrogen and oxygen atoms in total. The van der Waals surface area contributed by atoms with E-state index in [0.717, 1.165) is 17.6 Å². The predicted molar refractivity (Wildman–Crippen MR) is 74.5 cm³/mol. The zero-order chi connectivity index (χ0) is 13.3. The molecule has 1 rings (SSSR count). The van der Waals surface area contributed by atoms with Crippen molar-refractivity contribution in [3.8, 4) is 5.75 Å². The SMILES string of the molecule is CC(C)(C)c1cccc(C=O)c1O[Si](C)(C)C. The van der Waals surface area contributed by atoms with Gasteiger partial charge in [-0.25, -0.2) is 0 Å². The molecule has 0 aliphatic rings. The molecule has 0 amide bonds. The van der Waals surface area contributed by atoms with Crippen LogP contribution in [0.25, 0.3) is 0 Å². The van der Waals surface area contributed by atoms with Crippen molar-refractivity contribution in [1.29, 1.82) is 0 Å². The van der Waals surface area contributed by atoms with Gasteiger partial charge in [0.2, 0.25) is 8.32 Å². The Hall–Kier alpha value is -1.09. The Kier molecular flexibility index (Phi) is 3.82. The van der Waals surface area contributed by atoms with Crippen LogP contribution in [0.1, 0.15) is 36.7 Å². The lowest BCUT2D eigenvalue weighted by molar-refractivity contribution is 0.112. The van der Waals surface area contributed by atoms with Crippen LogP contribution in [-0.2, 0) is 5.41 Å². The van der Waals surface area contributed by atoms with Crippen LogP contribution < -0.4 is 4.43 Å². The van der Waals surface area contributed by atoms with Gasteiger partial charge >= 0.3 is 0 Å². The van der Waals surface area contributed by atoms with Crippen LogP contribution >= 0.6 is 0 Å². The average molecular weight is 250 g/mol. The summed E-state index contributed by atoms with van der Waals surface area (Å²) in [7, 11) is -1.71. The first-order valence-corrected chi connectivity index (χ1v) is 9.33. The van der Waals surface area contributed by atoms with Gasteiger partial charge < -0.3 is 4.43 Å². The van der Waals surface area contributed by atoms with Crippen LogP contribution in [0, 0.1) is 0 Å². The highest BCUT2D eigenvalue weighted by molar-refractivity contribution is 6.70. The van der Waals surface area contributed by atoms with Crippen molar-refractivity contribution in [2.24, 2.45) is 0 Å². The van der Waals surface area contributed by atoms with E-state index < -0.39 is 8.32 Å². The molecule has 1 aromatic rings. The van der Waals surface area contributed by atoms with E-state index in [9.17, 15) is 4.79 Å². The molecule has 0 fully saturated rings. The van der Waals surface area contributed by atoms with Crippen LogP contribution in [-0.4, -0.2) is 14.6 Å². The van der Waals surface area contributed by atoms with Gasteiger partial charge in [0.05, 0.1) is 5.56 Å². The van der Waals surface area contributed by atoms with E-state index in [4.69, 9.17) is 4.43 Å². The first kappa shape index (κ1) is 14.0. The van der Waals surface area contributed by atoms with Gasteiger partial charge in [0.25, 0.3) is 0 Å². The average Bonchev–Trinajstić information content (AvgIpc) is 2.13.